The number of nitrogens with zero attached hydrogens (tertiary/aromatic N) is 1. The van der Waals surface area contributed by atoms with Crippen LogP contribution in [-0.4, -0.2) is 4.98 Å². The van der Waals surface area contributed by atoms with E-state index in [1.54, 1.807) is 16.7 Å². The van der Waals surface area contributed by atoms with Crippen molar-refractivity contribution in [3.63, 3.8) is 0 Å². The van der Waals surface area contributed by atoms with E-state index in [2.05, 4.69) is 378 Å². The Labute approximate surface area is 692 Å². The molecule has 4 aliphatic carbocycles. The number of rotatable bonds is 14. The third-order valence-electron chi connectivity index (χ3n) is 23.8. The molecule has 114 heavy (non-hydrogen) atoms. The molecule has 1 aromatic heterocycles. The molecule has 4 fully saturated rings. The molecule has 11 aromatic carbocycles. The van der Waals surface area contributed by atoms with E-state index in [0.717, 1.165) is 54.3 Å². The van der Waals surface area contributed by atoms with Crippen molar-refractivity contribution in [3.8, 4) is 22.3 Å². The lowest BCUT2D eigenvalue weighted by Crippen LogP contribution is -2.19. The average Bonchev–Trinajstić information content (AvgIpc) is 0.850. The lowest BCUT2D eigenvalue weighted by atomic mass is 9.75. The van der Waals surface area contributed by atoms with E-state index in [1.807, 2.05) is 30.6 Å². The monoisotopic (exact) mass is 1510 g/mol. The Morgan fingerprint density at radius 1 is 0.316 bits per heavy atom. The molecule has 12 aromatic rings. The summed E-state index contributed by atoms with van der Waals surface area (Å²) in [7, 11) is 0. The number of hydrogen-bond donors (Lipinski definition) is 0. The molecule has 0 aliphatic heterocycles. The second-order valence-corrected chi connectivity index (χ2v) is 34.0. The van der Waals surface area contributed by atoms with E-state index in [4.69, 9.17) is 0 Å². The number of allylic oxidation sites excluding steroid dienone is 1. The summed E-state index contributed by atoms with van der Waals surface area (Å²) in [5.41, 5.74) is 26.4. The van der Waals surface area contributed by atoms with Gasteiger partial charge in [-0.2, -0.15) is 0 Å². The van der Waals surface area contributed by atoms with Crippen LogP contribution in [0.1, 0.15) is 253 Å². The van der Waals surface area contributed by atoms with Crippen LogP contribution in [0, 0.1) is 64.2 Å². The van der Waals surface area contributed by atoms with Gasteiger partial charge in [-0.25, -0.2) is 0 Å². The maximum absolute atomic E-state index is 3.99. The van der Waals surface area contributed by atoms with Crippen LogP contribution in [0.15, 0.2) is 327 Å². The van der Waals surface area contributed by atoms with Gasteiger partial charge in [0.15, 0.2) is 0 Å². The van der Waals surface area contributed by atoms with Gasteiger partial charge in [-0.3, -0.25) is 4.98 Å². The fourth-order valence-electron chi connectivity index (χ4n) is 16.5. The molecule has 0 atom stereocenters. The molecular formula is C113H137N. The first-order chi connectivity index (χ1) is 55.6. The average molecular weight is 1510 g/mol. The molecule has 0 bridgehead atoms. The molecular weight excluding hydrogens is 1370 g/mol. The summed E-state index contributed by atoms with van der Waals surface area (Å²) in [6.07, 6.45) is 34.8. The van der Waals surface area contributed by atoms with Crippen LogP contribution in [-0.2, 0) is 19.3 Å². The Balaban J connectivity index is 0.000000149. The van der Waals surface area contributed by atoms with E-state index in [-0.39, 0.29) is 0 Å². The van der Waals surface area contributed by atoms with Crippen molar-refractivity contribution in [1.29, 1.82) is 0 Å². The fraction of sp³-hybridized carbons (Fsp3) is 0.354. The highest BCUT2D eigenvalue weighted by molar-refractivity contribution is 5.64. The number of aryl methyl sites for hydroxylation is 5. The second-order valence-electron chi connectivity index (χ2n) is 34.0. The van der Waals surface area contributed by atoms with Crippen LogP contribution in [0.25, 0.3) is 28.3 Å². The Hall–Kier alpha value is -9.69. The smallest absolute Gasteiger partial charge is 0.0273 e. The van der Waals surface area contributed by atoms with Crippen molar-refractivity contribution in [2.45, 2.75) is 229 Å². The van der Waals surface area contributed by atoms with Crippen LogP contribution < -0.4 is 0 Å². The van der Waals surface area contributed by atoms with Crippen molar-refractivity contribution in [3.05, 3.63) is 405 Å². The molecule has 0 amide bonds. The highest BCUT2D eigenvalue weighted by Gasteiger charge is 2.24. The van der Waals surface area contributed by atoms with Crippen LogP contribution in [0.5, 0.6) is 0 Å². The van der Waals surface area contributed by atoms with Gasteiger partial charge in [-0.1, -0.05) is 411 Å². The second kappa shape index (κ2) is 49.8. The summed E-state index contributed by atoms with van der Waals surface area (Å²) >= 11 is 0. The Morgan fingerprint density at radius 3 is 1.20 bits per heavy atom. The topological polar surface area (TPSA) is 12.9 Å². The minimum Gasteiger partial charge on any atom is -0.265 e. The minimum atomic E-state index is 0.616. The van der Waals surface area contributed by atoms with Crippen molar-refractivity contribution in [1.82, 2.24) is 4.98 Å². The standard InChI is InChI=1S/C16H24.C16H22.C16H18.C14H14.2C13H18.C13H12.C12H11N/c3*1-13(2)16-10-8-15(9-11-16)12-14-6-4-3-5-7-14;1-12-6-5-9-14(10-12)11-13-7-3-2-4-8-13;1-11-7-5-6-10-13(11)12-8-3-2-4-9-12;2*1-11-7-9-13(10-8-11)12-5-3-2-4-6-12;1-10-2-4-11(5-3-10)12-6-8-13-9-7-12/h3-7,13,15-16H,8-12H2,1-2H3;3-7,12-13,16H,8-11H2,1-2H3;3-11,13H,12H2,1-2H3;2-10H,11H2,1H3;5-7,10,12H,2-4,8-9H2,1H3;7-10,12H,2-6H2,1H3;2-10H,1H3;2-9H,1H3. The van der Waals surface area contributed by atoms with Crippen molar-refractivity contribution < 1.29 is 0 Å². The van der Waals surface area contributed by atoms with Crippen LogP contribution >= 0.6 is 0 Å². The van der Waals surface area contributed by atoms with Gasteiger partial charge in [-0.05, 0) is 268 Å². The van der Waals surface area contributed by atoms with Gasteiger partial charge >= 0.3 is 0 Å². The fourth-order valence-corrected chi connectivity index (χ4v) is 16.5. The summed E-state index contributed by atoms with van der Waals surface area (Å²) in [4.78, 5) is 3.99. The summed E-state index contributed by atoms with van der Waals surface area (Å²) < 4.78 is 0. The number of aromatic nitrogens is 1. The first-order valence-corrected chi connectivity index (χ1v) is 43.8. The lowest BCUT2D eigenvalue weighted by Gasteiger charge is -2.30. The quantitative estimate of drug-likeness (QED) is 0.106. The first kappa shape index (κ1) is 88.3. The number of benzene rings is 11. The Bertz CT molecular complexity index is 4410. The third-order valence-corrected chi connectivity index (χ3v) is 23.8. The first-order valence-electron chi connectivity index (χ1n) is 43.8. The molecule has 4 saturated carbocycles. The Kier molecular flexibility index (Phi) is 38.6. The summed E-state index contributed by atoms with van der Waals surface area (Å²) in [5, 5.41) is 0. The van der Waals surface area contributed by atoms with Crippen LogP contribution in [0.4, 0.5) is 0 Å². The molecule has 1 heterocycles. The van der Waals surface area contributed by atoms with E-state index in [1.165, 1.54) is 211 Å². The SMILES string of the molecule is CC(C)C1CCC(=Cc2ccccc2)CC1.CC(C)C1CCC(Cc2ccccc2)CC1.CC(C)c1ccc(Cc2ccccc2)cc1.Cc1ccc(-c2ccccc2)cc1.Cc1ccc(-c2ccncc2)cc1.Cc1ccc(C2CCCCC2)cc1.Cc1cccc(Cc2ccccc2)c1.Cc1ccccc1C1CCCCC1. The van der Waals surface area contributed by atoms with Crippen molar-refractivity contribution in [2.24, 2.45) is 29.6 Å². The normalized spacial score (nSPS) is 15.9. The van der Waals surface area contributed by atoms with E-state index in [9.17, 15) is 0 Å². The zero-order valence-electron chi connectivity index (χ0n) is 71.6. The molecule has 0 spiro atoms. The van der Waals surface area contributed by atoms with Gasteiger partial charge in [0.2, 0.25) is 0 Å². The zero-order valence-corrected chi connectivity index (χ0v) is 71.6. The van der Waals surface area contributed by atoms with E-state index >= 15 is 0 Å². The number of hydrogen-bond acceptors (Lipinski definition) is 1. The Morgan fingerprint density at radius 2 is 0.719 bits per heavy atom. The molecule has 0 saturated heterocycles. The number of pyridine rings is 1. The van der Waals surface area contributed by atoms with Crippen molar-refractivity contribution >= 4 is 6.08 Å². The molecule has 1 heteroatoms. The van der Waals surface area contributed by atoms with Gasteiger partial charge in [0, 0.05) is 12.4 Å². The molecule has 1 nitrogen and oxygen atoms in total. The lowest BCUT2D eigenvalue weighted by molar-refractivity contribution is 0.223. The van der Waals surface area contributed by atoms with Gasteiger partial charge < -0.3 is 0 Å². The van der Waals surface area contributed by atoms with E-state index in [0.29, 0.717) is 5.92 Å². The molecule has 0 radical (unpaired) electrons. The zero-order chi connectivity index (χ0) is 80.3. The molecule has 0 unspecified atom stereocenters. The van der Waals surface area contributed by atoms with Gasteiger partial charge in [0.25, 0.3) is 0 Å². The summed E-state index contributed by atoms with van der Waals surface area (Å²) in [6, 6.07) is 110. The third kappa shape index (κ3) is 32.7. The molecule has 0 N–H and O–H groups in total. The highest BCUT2D eigenvalue weighted by Crippen LogP contribution is 2.38. The molecule has 594 valence electrons. The molecule has 16 rings (SSSR count). The summed E-state index contributed by atoms with van der Waals surface area (Å²) in [5.74, 6) is 6.96. The minimum absolute atomic E-state index is 0.616. The van der Waals surface area contributed by atoms with Gasteiger partial charge in [0.1, 0.15) is 0 Å². The van der Waals surface area contributed by atoms with Crippen LogP contribution in [0.3, 0.4) is 0 Å². The largest absolute Gasteiger partial charge is 0.265 e. The predicted octanol–water partition coefficient (Wildman–Crippen LogP) is 32.4. The molecule has 4 aliphatic rings. The summed E-state index contributed by atoms with van der Waals surface area (Å²) in [6.45, 7) is 24.7. The van der Waals surface area contributed by atoms with Crippen LogP contribution in [0.2, 0.25) is 0 Å². The van der Waals surface area contributed by atoms with E-state index < -0.39 is 0 Å². The predicted molar refractivity (Wildman–Crippen MR) is 497 cm³/mol. The highest BCUT2D eigenvalue weighted by atomic mass is 14.6. The van der Waals surface area contributed by atoms with Gasteiger partial charge in [0.05, 0.1) is 0 Å². The maximum Gasteiger partial charge on any atom is 0.0273 e. The van der Waals surface area contributed by atoms with Gasteiger partial charge in [-0.15, -0.1) is 0 Å². The van der Waals surface area contributed by atoms with Crippen molar-refractivity contribution in [2.75, 3.05) is 0 Å². The maximum atomic E-state index is 3.99.